The third kappa shape index (κ3) is 2.42. The van der Waals surface area contributed by atoms with Gasteiger partial charge in [0.05, 0.1) is 6.61 Å². The first-order chi connectivity index (χ1) is 8.11. The second-order valence-corrected chi connectivity index (χ2v) is 4.33. The van der Waals surface area contributed by atoms with E-state index in [1.165, 1.54) is 5.56 Å². The highest BCUT2D eigenvalue weighted by atomic mass is 16.5. The number of hydrogen-bond acceptors (Lipinski definition) is 3. The van der Waals surface area contributed by atoms with Crippen LogP contribution in [0.3, 0.4) is 0 Å². The number of methoxy groups -OCH3 is 1. The molecule has 0 N–H and O–H groups in total. The molecule has 0 aliphatic rings. The molecule has 0 fully saturated rings. The van der Waals surface area contributed by atoms with Crippen LogP contribution in [0, 0.1) is 6.92 Å². The zero-order chi connectivity index (χ0) is 12.4. The van der Waals surface area contributed by atoms with Crippen molar-refractivity contribution in [3.63, 3.8) is 0 Å². The van der Waals surface area contributed by atoms with Crippen LogP contribution in [0.15, 0.2) is 18.3 Å². The Morgan fingerprint density at radius 1 is 1.41 bits per heavy atom. The molecule has 1 atom stereocenters. The van der Waals surface area contributed by atoms with Crippen LogP contribution in [-0.4, -0.2) is 29.6 Å². The smallest absolute Gasteiger partial charge is 0.147 e. The van der Waals surface area contributed by atoms with Gasteiger partial charge in [-0.15, -0.1) is 0 Å². The summed E-state index contributed by atoms with van der Waals surface area (Å²) >= 11 is 0. The van der Waals surface area contributed by atoms with Crippen molar-refractivity contribution in [2.24, 2.45) is 7.05 Å². The molecule has 1 aromatic heterocycles. The fourth-order valence-electron chi connectivity index (χ4n) is 1.91. The molecule has 92 valence electrons. The predicted octanol–water partition coefficient (Wildman–Crippen LogP) is 2.30. The van der Waals surface area contributed by atoms with E-state index in [4.69, 9.17) is 9.47 Å². The highest BCUT2D eigenvalue weighted by Crippen LogP contribution is 2.27. The number of aromatic nitrogens is 2. The Bertz CT molecular complexity index is 519. The Labute approximate surface area is 101 Å². The minimum atomic E-state index is 0.0212. The molecule has 0 saturated carbocycles. The van der Waals surface area contributed by atoms with E-state index in [0.717, 1.165) is 16.7 Å². The Hall–Kier alpha value is -1.55. The predicted molar refractivity (Wildman–Crippen MR) is 67.4 cm³/mol. The summed E-state index contributed by atoms with van der Waals surface area (Å²) in [6.45, 7) is 4.63. The molecule has 0 aliphatic carbocycles. The maximum Gasteiger partial charge on any atom is 0.147 e. The molecule has 2 aromatic rings. The van der Waals surface area contributed by atoms with Crippen molar-refractivity contribution in [3.05, 3.63) is 23.9 Å². The van der Waals surface area contributed by atoms with Gasteiger partial charge in [0.15, 0.2) is 0 Å². The summed E-state index contributed by atoms with van der Waals surface area (Å²) in [4.78, 5) is 0. The number of benzene rings is 1. The number of hydrogen-bond donors (Lipinski definition) is 0. The second-order valence-electron chi connectivity index (χ2n) is 4.33. The summed E-state index contributed by atoms with van der Waals surface area (Å²) in [5, 5.41) is 5.57. The molecule has 0 saturated heterocycles. The number of ether oxygens (including phenoxy) is 2. The number of rotatable bonds is 4. The lowest BCUT2D eigenvalue weighted by atomic mass is 10.1. The molecule has 4 nitrogen and oxygen atoms in total. The van der Waals surface area contributed by atoms with Crippen LogP contribution in [0.1, 0.15) is 12.5 Å². The molecule has 0 spiro atoms. The highest BCUT2D eigenvalue weighted by Gasteiger charge is 2.11. The minimum absolute atomic E-state index is 0.0212. The van der Waals surface area contributed by atoms with Gasteiger partial charge in [0.2, 0.25) is 0 Å². The first-order valence-electron chi connectivity index (χ1n) is 5.70. The number of fused-ring (bicyclic) bond motifs is 1. The maximum absolute atomic E-state index is 5.84. The molecule has 0 amide bonds. The molecular formula is C13H18N2O2. The van der Waals surface area contributed by atoms with Crippen molar-refractivity contribution in [3.8, 4) is 5.75 Å². The van der Waals surface area contributed by atoms with Gasteiger partial charge in [0.1, 0.15) is 17.4 Å². The van der Waals surface area contributed by atoms with Crippen LogP contribution in [0.4, 0.5) is 0 Å². The van der Waals surface area contributed by atoms with Crippen LogP contribution in [-0.2, 0) is 11.8 Å². The summed E-state index contributed by atoms with van der Waals surface area (Å²) < 4.78 is 12.7. The van der Waals surface area contributed by atoms with Gasteiger partial charge < -0.3 is 9.47 Å². The second kappa shape index (κ2) is 4.75. The van der Waals surface area contributed by atoms with Gasteiger partial charge in [-0.2, -0.15) is 5.10 Å². The first-order valence-corrected chi connectivity index (χ1v) is 5.70. The molecule has 0 radical (unpaired) electrons. The third-order valence-corrected chi connectivity index (χ3v) is 2.70. The first kappa shape index (κ1) is 11.9. The van der Waals surface area contributed by atoms with E-state index in [0.29, 0.717) is 6.61 Å². The maximum atomic E-state index is 5.84. The summed E-state index contributed by atoms with van der Waals surface area (Å²) in [5.41, 5.74) is 2.12. The van der Waals surface area contributed by atoms with Crippen molar-refractivity contribution in [2.75, 3.05) is 13.7 Å². The third-order valence-electron chi connectivity index (χ3n) is 2.70. The SMILES string of the molecule is COCC(C)Oc1ccc(C)c2cn(C)nc12. The fourth-order valence-corrected chi connectivity index (χ4v) is 1.91. The van der Waals surface area contributed by atoms with Gasteiger partial charge >= 0.3 is 0 Å². The van der Waals surface area contributed by atoms with Crippen LogP contribution >= 0.6 is 0 Å². The molecule has 17 heavy (non-hydrogen) atoms. The van der Waals surface area contributed by atoms with Crippen molar-refractivity contribution < 1.29 is 9.47 Å². The summed E-state index contributed by atoms with van der Waals surface area (Å²) in [7, 11) is 3.59. The van der Waals surface area contributed by atoms with E-state index in [1.54, 1.807) is 7.11 Å². The normalized spacial score (nSPS) is 12.9. The summed E-state index contributed by atoms with van der Waals surface area (Å²) in [5.74, 6) is 0.816. The van der Waals surface area contributed by atoms with E-state index >= 15 is 0 Å². The van der Waals surface area contributed by atoms with E-state index in [-0.39, 0.29) is 6.10 Å². The zero-order valence-electron chi connectivity index (χ0n) is 10.7. The quantitative estimate of drug-likeness (QED) is 0.814. The molecule has 0 aliphatic heterocycles. The standard InChI is InChI=1S/C13H18N2O2/c1-9-5-6-12(17-10(2)8-16-4)13-11(9)7-15(3)14-13/h5-7,10H,8H2,1-4H3. The lowest BCUT2D eigenvalue weighted by molar-refractivity contribution is 0.0929. The van der Waals surface area contributed by atoms with E-state index in [2.05, 4.69) is 18.1 Å². The number of nitrogens with zero attached hydrogens (tertiary/aromatic N) is 2. The van der Waals surface area contributed by atoms with Crippen molar-refractivity contribution >= 4 is 10.9 Å². The molecular weight excluding hydrogens is 216 g/mol. The van der Waals surface area contributed by atoms with E-state index < -0.39 is 0 Å². The lowest BCUT2D eigenvalue weighted by Crippen LogP contribution is -2.18. The monoisotopic (exact) mass is 234 g/mol. The van der Waals surface area contributed by atoms with Crippen molar-refractivity contribution in [1.29, 1.82) is 0 Å². The molecule has 0 bridgehead atoms. The Morgan fingerprint density at radius 2 is 2.18 bits per heavy atom. The van der Waals surface area contributed by atoms with E-state index in [9.17, 15) is 0 Å². The molecule has 1 aromatic carbocycles. The van der Waals surface area contributed by atoms with Gasteiger partial charge in [-0.05, 0) is 25.5 Å². The highest BCUT2D eigenvalue weighted by molar-refractivity contribution is 5.87. The summed E-state index contributed by atoms with van der Waals surface area (Å²) in [6.07, 6.45) is 2.03. The van der Waals surface area contributed by atoms with Gasteiger partial charge in [-0.25, -0.2) is 0 Å². The Balaban J connectivity index is 2.37. The van der Waals surface area contributed by atoms with Crippen molar-refractivity contribution in [2.45, 2.75) is 20.0 Å². The zero-order valence-corrected chi connectivity index (χ0v) is 10.7. The van der Waals surface area contributed by atoms with Crippen LogP contribution in [0.5, 0.6) is 5.75 Å². The van der Waals surface area contributed by atoms with Gasteiger partial charge in [0, 0.05) is 25.7 Å². The van der Waals surface area contributed by atoms with Crippen LogP contribution in [0.25, 0.3) is 10.9 Å². The minimum Gasteiger partial charge on any atom is -0.486 e. The van der Waals surface area contributed by atoms with Gasteiger partial charge in [0.25, 0.3) is 0 Å². The summed E-state index contributed by atoms with van der Waals surface area (Å²) in [6, 6.07) is 4.02. The van der Waals surface area contributed by atoms with Crippen molar-refractivity contribution in [1.82, 2.24) is 9.78 Å². The topological polar surface area (TPSA) is 36.3 Å². The molecule has 1 heterocycles. The largest absolute Gasteiger partial charge is 0.486 e. The fraction of sp³-hybridized carbons (Fsp3) is 0.462. The average molecular weight is 234 g/mol. The number of aryl methyl sites for hydroxylation is 2. The van der Waals surface area contributed by atoms with Crippen LogP contribution in [0.2, 0.25) is 0 Å². The lowest BCUT2D eigenvalue weighted by Gasteiger charge is -2.14. The Kier molecular flexibility index (Phi) is 3.33. The van der Waals surface area contributed by atoms with Gasteiger partial charge in [-0.1, -0.05) is 6.07 Å². The van der Waals surface area contributed by atoms with Gasteiger partial charge in [-0.3, -0.25) is 4.68 Å². The molecule has 1 unspecified atom stereocenters. The average Bonchev–Trinajstić information content (AvgIpc) is 2.66. The van der Waals surface area contributed by atoms with Crippen LogP contribution < -0.4 is 4.74 Å². The van der Waals surface area contributed by atoms with E-state index in [1.807, 2.05) is 30.9 Å². The molecule has 4 heteroatoms. The Morgan fingerprint density at radius 3 is 2.88 bits per heavy atom. The molecule has 2 rings (SSSR count).